The maximum absolute atomic E-state index is 10.2. The van der Waals surface area contributed by atoms with Crippen LogP contribution in [0, 0.1) is 6.07 Å². The van der Waals surface area contributed by atoms with Gasteiger partial charge in [-0.15, -0.1) is 0 Å². The molecule has 2 aromatic rings. The molecule has 1 aliphatic rings. The number of hydrogen-bond donors (Lipinski definition) is 7. The van der Waals surface area contributed by atoms with Gasteiger partial charge >= 0.3 is 0 Å². The molecular weight excluding hydrogens is 360 g/mol. The van der Waals surface area contributed by atoms with Crippen LogP contribution in [0.2, 0.25) is 0 Å². The molecule has 1 saturated heterocycles. The molecule has 5 atom stereocenters. The molecule has 0 aromatic heterocycles. The van der Waals surface area contributed by atoms with Crippen molar-refractivity contribution in [1.82, 2.24) is 0 Å². The summed E-state index contributed by atoms with van der Waals surface area (Å²) in [5.41, 5.74) is 0.467. The van der Waals surface area contributed by atoms with E-state index in [1.54, 1.807) is 0 Å². The van der Waals surface area contributed by atoms with Gasteiger partial charge in [-0.2, -0.15) is 0 Å². The van der Waals surface area contributed by atoms with Crippen molar-refractivity contribution in [3.05, 3.63) is 36.4 Å². The van der Waals surface area contributed by atoms with Gasteiger partial charge < -0.3 is 45.2 Å². The number of ether oxygens (including phenoxy) is 2. The second-order valence-corrected chi connectivity index (χ2v) is 6.11. The Morgan fingerprint density at radius 2 is 1.63 bits per heavy atom. The van der Waals surface area contributed by atoms with Crippen LogP contribution >= 0.6 is 0 Å². The Morgan fingerprint density at radius 3 is 2.19 bits per heavy atom. The molecule has 1 fully saturated rings. The molecule has 0 amide bonds. The number of phenolic OH excluding ortho intramolecular Hbond substituents is 3. The van der Waals surface area contributed by atoms with Crippen LogP contribution in [0.3, 0.4) is 0 Å². The molecule has 3 rings (SSSR count). The molecule has 9 heteroatoms. The van der Waals surface area contributed by atoms with Gasteiger partial charge in [0.15, 0.2) is 0 Å². The van der Waals surface area contributed by atoms with Gasteiger partial charge in [0.2, 0.25) is 6.29 Å². The molecule has 1 heterocycles. The number of aliphatic hydroxyl groups is 4. The van der Waals surface area contributed by atoms with Gasteiger partial charge in [-0.05, 0) is 17.7 Å². The molecule has 27 heavy (non-hydrogen) atoms. The maximum atomic E-state index is 10.2. The number of benzene rings is 2. The van der Waals surface area contributed by atoms with Crippen LogP contribution < -0.4 is 4.74 Å². The maximum Gasteiger partial charge on any atom is 0.229 e. The van der Waals surface area contributed by atoms with Crippen LogP contribution in [0.15, 0.2) is 30.3 Å². The fourth-order valence-corrected chi connectivity index (χ4v) is 2.82. The smallest absolute Gasteiger partial charge is 0.229 e. The molecule has 0 bridgehead atoms. The summed E-state index contributed by atoms with van der Waals surface area (Å²) in [5.74, 6) is -0.886. The van der Waals surface area contributed by atoms with Gasteiger partial charge in [0.1, 0.15) is 47.4 Å². The minimum absolute atomic E-state index is 0.0763. The molecule has 0 spiro atoms. The lowest BCUT2D eigenvalue weighted by molar-refractivity contribution is -0.277. The van der Waals surface area contributed by atoms with Gasteiger partial charge in [0, 0.05) is 18.2 Å². The van der Waals surface area contributed by atoms with E-state index in [1.165, 1.54) is 18.2 Å². The van der Waals surface area contributed by atoms with Gasteiger partial charge in [-0.3, -0.25) is 0 Å². The Labute approximate surface area is 153 Å². The van der Waals surface area contributed by atoms with Crippen LogP contribution in [0.5, 0.6) is 23.0 Å². The van der Waals surface area contributed by atoms with E-state index in [4.69, 9.17) is 9.47 Å². The third-order valence-corrected chi connectivity index (χ3v) is 4.26. The van der Waals surface area contributed by atoms with Crippen LogP contribution in [0.25, 0.3) is 11.1 Å². The average molecular weight is 379 g/mol. The molecule has 145 valence electrons. The van der Waals surface area contributed by atoms with E-state index in [1.807, 2.05) is 0 Å². The first kappa shape index (κ1) is 19.2. The number of rotatable bonds is 4. The Hall–Kier alpha value is -2.56. The molecule has 7 N–H and O–H groups in total. The van der Waals surface area contributed by atoms with E-state index in [0.717, 1.165) is 12.1 Å². The lowest BCUT2D eigenvalue weighted by atomic mass is 9.99. The van der Waals surface area contributed by atoms with Crippen molar-refractivity contribution < 1.29 is 45.2 Å². The summed E-state index contributed by atoms with van der Waals surface area (Å²) in [6, 6.07) is 9.03. The zero-order chi connectivity index (χ0) is 19.7. The monoisotopic (exact) mass is 379 g/mol. The summed E-state index contributed by atoms with van der Waals surface area (Å²) in [6.45, 7) is -0.613. The molecule has 2 aromatic carbocycles. The number of aromatic hydroxyl groups is 3. The molecule has 1 radical (unpaired) electrons. The van der Waals surface area contributed by atoms with E-state index in [-0.39, 0.29) is 28.6 Å². The van der Waals surface area contributed by atoms with Crippen molar-refractivity contribution >= 4 is 0 Å². The Balaban J connectivity index is 1.85. The topological polar surface area (TPSA) is 160 Å². The molecule has 9 nitrogen and oxygen atoms in total. The summed E-state index contributed by atoms with van der Waals surface area (Å²) in [5, 5.41) is 68.5. The van der Waals surface area contributed by atoms with Crippen LogP contribution in [-0.2, 0) is 4.74 Å². The highest BCUT2D eigenvalue weighted by Crippen LogP contribution is 2.41. The molecular formula is C18H19O9. The van der Waals surface area contributed by atoms with Crippen molar-refractivity contribution in [3.8, 4) is 34.1 Å². The predicted molar refractivity (Wildman–Crippen MR) is 90.1 cm³/mol. The Bertz CT molecular complexity index is 767. The first-order valence-electron chi connectivity index (χ1n) is 8.06. The van der Waals surface area contributed by atoms with Crippen molar-refractivity contribution in [2.45, 2.75) is 30.7 Å². The summed E-state index contributed by atoms with van der Waals surface area (Å²) < 4.78 is 10.6. The van der Waals surface area contributed by atoms with Crippen molar-refractivity contribution in [2.75, 3.05) is 6.61 Å². The van der Waals surface area contributed by atoms with E-state index in [2.05, 4.69) is 6.07 Å². The number of phenols is 3. The summed E-state index contributed by atoms with van der Waals surface area (Å²) in [7, 11) is 0. The van der Waals surface area contributed by atoms with E-state index in [0.29, 0.717) is 5.56 Å². The highest BCUT2D eigenvalue weighted by atomic mass is 16.7. The van der Waals surface area contributed by atoms with Gasteiger partial charge in [0.25, 0.3) is 0 Å². The third-order valence-electron chi connectivity index (χ3n) is 4.26. The van der Waals surface area contributed by atoms with Gasteiger partial charge in [-0.25, -0.2) is 0 Å². The van der Waals surface area contributed by atoms with Gasteiger partial charge in [-0.1, -0.05) is 6.07 Å². The fourth-order valence-electron chi connectivity index (χ4n) is 2.82. The van der Waals surface area contributed by atoms with Crippen molar-refractivity contribution in [2.24, 2.45) is 0 Å². The quantitative estimate of drug-likeness (QED) is 0.370. The minimum atomic E-state index is -1.63. The van der Waals surface area contributed by atoms with E-state index in [9.17, 15) is 35.7 Å². The molecule has 0 aliphatic carbocycles. The van der Waals surface area contributed by atoms with Crippen LogP contribution in [-0.4, -0.2) is 73.1 Å². The normalized spacial score (nSPS) is 28.1. The van der Waals surface area contributed by atoms with Crippen LogP contribution in [0.1, 0.15) is 0 Å². The summed E-state index contributed by atoms with van der Waals surface area (Å²) in [4.78, 5) is 0. The zero-order valence-electron chi connectivity index (χ0n) is 13.9. The average Bonchev–Trinajstić information content (AvgIpc) is 2.63. The third kappa shape index (κ3) is 3.77. The first-order chi connectivity index (χ1) is 12.8. The van der Waals surface area contributed by atoms with Crippen molar-refractivity contribution in [1.29, 1.82) is 0 Å². The Kier molecular flexibility index (Phi) is 5.40. The van der Waals surface area contributed by atoms with Gasteiger partial charge in [0.05, 0.1) is 12.2 Å². The molecule has 0 saturated carbocycles. The number of hydrogen-bond acceptors (Lipinski definition) is 9. The minimum Gasteiger partial charge on any atom is -0.507 e. The summed E-state index contributed by atoms with van der Waals surface area (Å²) in [6.07, 6.45) is -7.37. The zero-order valence-corrected chi connectivity index (χ0v) is 13.9. The van der Waals surface area contributed by atoms with Crippen LogP contribution in [0.4, 0.5) is 0 Å². The Morgan fingerprint density at radius 1 is 0.963 bits per heavy atom. The standard InChI is InChI=1S/C18H19O9/c19-7-13-15(23)16(24)17(25)18(27-13)26-10-5-11(21)14(12(22)6-10)8-1-3-9(20)4-2-8/h1-3,5-6,13,15-25H,7H2/t13-,15-,16+,17-,18-/m1/s1. The SMILES string of the molecule is OC[C@H]1O[C@@H](Oc2cc(O)c(-c3c[c]c(O)cc3)c(O)c2)[C@H](O)[C@@H](O)[C@@H]1O. The second-order valence-electron chi connectivity index (χ2n) is 6.11. The fraction of sp³-hybridized carbons (Fsp3) is 0.333. The summed E-state index contributed by atoms with van der Waals surface area (Å²) >= 11 is 0. The first-order valence-corrected chi connectivity index (χ1v) is 8.06. The molecule has 0 unspecified atom stereocenters. The number of aliphatic hydroxyl groups excluding tert-OH is 4. The van der Waals surface area contributed by atoms with Crippen molar-refractivity contribution in [3.63, 3.8) is 0 Å². The molecule has 1 aliphatic heterocycles. The highest BCUT2D eigenvalue weighted by molar-refractivity contribution is 5.77. The highest BCUT2D eigenvalue weighted by Gasteiger charge is 2.44. The van der Waals surface area contributed by atoms with E-state index < -0.39 is 37.3 Å². The lowest BCUT2D eigenvalue weighted by Crippen LogP contribution is -2.60. The second kappa shape index (κ2) is 7.59. The largest absolute Gasteiger partial charge is 0.507 e. The lowest BCUT2D eigenvalue weighted by Gasteiger charge is -2.39. The predicted octanol–water partition coefficient (Wildman–Crippen LogP) is -0.551. The van der Waals surface area contributed by atoms with E-state index >= 15 is 0 Å².